The van der Waals surface area contributed by atoms with E-state index in [4.69, 9.17) is 0 Å². The van der Waals surface area contributed by atoms with E-state index < -0.39 is 0 Å². The average molecular weight is 360 g/mol. The lowest BCUT2D eigenvalue weighted by Crippen LogP contribution is -2.31. The molecule has 0 aliphatic rings. The molecule has 3 aromatic rings. The van der Waals surface area contributed by atoms with Crippen LogP contribution >= 0.6 is 0 Å². The van der Waals surface area contributed by atoms with Crippen molar-refractivity contribution in [3.05, 3.63) is 89.9 Å². The molecule has 1 aromatic carbocycles. The first-order valence-electron chi connectivity index (χ1n) is 9.08. The van der Waals surface area contributed by atoms with Gasteiger partial charge in [-0.1, -0.05) is 36.4 Å². The lowest BCUT2D eigenvalue weighted by molar-refractivity contribution is 0.0950. The van der Waals surface area contributed by atoms with E-state index in [9.17, 15) is 4.79 Å². The lowest BCUT2D eigenvalue weighted by Gasteiger charge is -2.28. The third kappa shape index (κ3) is 5.14. The standard InChI is InChI=1S/C22H24N4O/c1-17(2)26(16-18-8-4-3-5-9-18)21-12-11-19(14-24-21)22(27)25-15-20-10-6-7-13-23-20/h3-14,17H,15-16H2,1-2H3,(H,25,27). The first-order valence-corrected chi connectivity index (χ1v) is 9.08. The highest BCUT2D eigenvalue weighted by Crippen LogP contribution is 2.18. The van der Waals surface area contributed by atoms with Gasteiger partial charge in [-0.3, -0.25) is 9.78 Å². The number of benzene rings is 1. The van der Waals surface area contributed by atoms with Gasteiger partial charge in [-0.2, -0.15) is 0 Å². The van der Waals surface area contributed by atoms with Gasteiger partial charge in [0.15, 0.2) is 0 Å². The summed E-state index contributed by atoms with van der Waals surface area (Å²) in [7, 11) is 0. The van der Waals surface area contributed by atoms with E-state index in [0.717, 1.165) is 18.1 Å². The molecule has 0 saturated carbocycles. The van der Waals surface area contributed by atoms with Crippen LogP contribution in [0.3, 0.4) is 0 Å². The minimum Gasteiger partial charge on any atom is -0.350 e. The Morgan fingerprint density at radius 2 is 1.78 bits per heavy atom. The van der Waals surface area contributed by atoms with Gasteiger partial charge in [0.2, 0.25) is 0 Å². The molecule has 0 radical (unpaired) electrons. The molecule has 0 fully saturated rings. The number of carbonyl (C=O) groups excluding carboxylic acids is 1. The van der Waals surface area contributed by atoms with Gasteiger partial charge >= 0.3 is 0 Å². The van der Waals surface area contributed by atoms with Gasteiger partial charge in [0, 0.05) is 25.0 Å². The van der Waals surface area contributed by atoms with Crippen LogP contribution in [0.5, 0.6) is 0 Å². The summed E-state index contributed by atoms with van der Waals surface area (Å²) in [5.41, 5.74) is 2.59. The van der Waals surface area contributed by atoms with Crippen LogP contribution in [-0.2, 0) is 13.1 Å². The molecule has 0 bridgehead atoms. The van der Waals surface area contributed by atoms with E-state index in [1.165, 1.54) is 5.56 Å². The summed E-state index contributed by atoms with van der Waals surface area (Å²) >= 11 is 0. The number of nitrogens with zero attached hydrogens (tertiary/aromatic N) is 3. The van der Waals surface area contributed by atoms with E-state index in [1.807, 2.05) is 48.5 Å². The van der Waals surface area contributed by atoms with Crippen LogP contribution in [0.15, 0.2) is 73.1 Å². The average Bonchev–Trinajstić information content (AvgIpc) is 2.72. The molecule has 0 aliphatic heterocycles. The SMILES string of the molecule is CC(C)N(Cc1ccccc1)c1ccc(C(=O)NCc2ccccn2)cn1. The van der Waals surface area contributed by atoms with Crippen molar-refractivity contribution < 1.29 is 4.79 Å². The topological polar surface area (TPSA) is 58.1 Å². The number of hydrogen-bond acceptors (Lipinski definition) is 4. The van der Waals surface area contributed by atoms with Crippen LogP contribution in [0.4, 0.5) is 5.82 Å². The third-order valence-electron chi connectivity index (χ3n) is 4.28. The highest BCUT2D eigenvalue weighted by molar-refractivity contribution is 5.94. The maximum atomic E-state index is 12.3. The lowest BCUT2D eigenvalue weighted by atomic mass is 10.2. The summed E-state index contributed by atoms with van der Waals surface area (Å²) < 4.78 is 0. The number of anilines is 1. The maximum absolute atomic E-state index is 12.3. The molecule has 0 spiro atoms. The molecule has 0 atom stereocenters. The minimum atomic E-state index is -0.154. The van der Waals surface area contributed by atoms with Crippen molar-refractivity contribution in [2.24, 2.45) is 0 Å². The zero-order valence-electron chi connectivity index (χ0n) is 15.7. The summed E-state index contributed by atoms with van der Waals surface area (Å²) in [6, 6.07) is 19.9. The smallest absolute Gasteiger partial charge is 0.253 e. The van der Waals surface area contributed by atoms with Crippen LogP contribution in [0.25, 0.3) is 0 Å². The van der Waals surface area contributed by atoms with Gasteiger partial charge < -0.3 is 10.2 Å². The monoisotopic (exact) mass is 360 g/mol. The molecule has 138 valence electrons. The van der Waals surface area contributed by atoms with Gasteiger partial charge in [-0.05, 0) is 43.7 Å². The Kier molecular flexibility index (Phi) is 6.15. The van der Waals surface area contributed by atoms with Crippen LogP contribution in [0.1, 0.15) is 35.5 Å². The number of amides is 1. The highest BCUT2D eigenvalue weighted by Gasteiger charge is 2.14. The summed E-state index contributed by atoms with van der Waals surface area (Å²) in [5, 5.41) is 2.87. The fourth-order valence-electron chi connectivity index (χ4n) is 2.77. The summed E-state index contributed by atoms with van der Waals surface area (Å²) in [6.45, 7) is 5.44. The van der Waals surface area contributed by atoms with Gasteiger partial charge in [0.1, 0.15) is 5.82 Å². The Morgan fingerprint density at radius 3 is 2.41 bits per heavy atom. The first-order chi connectivity index (χ1) is 13.1. The van der Waals surface area contributed by atoms with E-state index in [2.05, 4.69) is 46.2 Å². The Bertz CT molecular complexity index is 849. The fourth-order valence-corrected chi connectivity index (χ4v) is 2.77. The molecule has 27 heavy (non-hydrogen) atoms. The third-order valence-corrected chi connectivity index (χ3v) is 4.28. The number of hydrogen-bond donors (Lipinski definition) is 1. The van der Waals surface area contributed by atoms with Crippen molar-refractivity contribution >= 4 is 11.7 Å². The van der Waals surface area contributed by atoms with Crippen LogP contribution < -0.4 is 10.2 Å². The Balaban J connectivity index is 1.66. The van der Waals surface area contributed by atoms with Crippen LogP contribution in [0.2, 0.25) is 0 Å². The Labute approximate surface area is 160 Å². The van der Waals surface area contributed by atoms with Crippen molar-refractivity contribution in [1.29, 1.82) is 0 Å². The van der Waals surface area contributed by atoms with E-state index in [1.54, 1.807) is 12.4 Å². The molecule has 3 rings (SSSR count). The summed E-state index contributed by atoms with van der Waals surface area (Å²) in [6.07, 6.45) is 3.34. The molecular weight excluding hydrogens is 336 g/mol. The summed E-state index contributed by atoms with van der Waals surface area (Å²) in [5.74, 6) is 0.703. The minimum absolute atomic E-state index is 0.154. The quantitative estimate of drug-likeness (QED) is 0.696. The zero-order valence-corrected chi connectivity index (χ0v) is 15.7. The van der Waals surface area contributed by atoms with Gasteiger partial charge in [-0.15, -0.1) is 0 Å². The van der Waals surface area contributed by atoms with E-state index >= 15 is 0 Å². The zero-order chi connectivity index (χ0) is 19.1. The van der Waals surface area contributed by atoms with Gasteiger partial charge in [0.05, 0.1) is 17.8 Å². The van der Waals surface area contributed by atoms with E-state index in [0.29, 0.717) is 18.2 Å². The second-order valence-corrected chi connectivity index (χ2v) is 6.62. The number of nitrogens with one attached hydrogen (secondary N) is 1. The predicted octanol–water partition coefficient (Wildman–Crippen LogP) is 3.82. The van der Waals surface area contributed by atoms with Crippen LogP contribution in [0, 0.1) is 0 Å². The van der Waals surface area contributed by atoms with E-state index in [-0.39, 0.29) is 5.91 Å². The molecule has 1 N–H and O–H groups in total. The van der Waals surface area contributed by atoms with Crippen molar-refractivity contribution in [3.8, 4) is 0 Å². The van der Waals surface area contributed by atoms with Gasteiger partial charge in [-0.25, -0.2) is 4.98 Å². The maximum Gasteiger partial charge on any atom is 0.253 e. The molecule has 1 amide bonds. The second-order valence-electron chi connectivity index (χ2n) is 6.62. The normalized spacial score (nSPS) is 10.6. The fraction of sp³-hybridized carbons (Fsp3) is 0.227. The number of carbonyl (C=O) groups is 1. The predicted molar refractivity (Wildman–Crippen MR) is 107 cm³/mol. The highest BCUT2D eigenvalue weighted by atomic mass is 16.1. The van der Waals surface area contributed by atoms with Crippen LogP contribution in [-0.4, -0.2) is 21.9 Å². The Morgan fingerprint density at radius 1 is 1.00 bits per heavy atom. The summed E-state index contributed by atoms with van der Waals surface area (Å²) in [4.78, 5) is 23.3. The first kappa shape index (κ1) is 18.6. The number of pyridine rings is 2. The van der Waals surface area contributed by atoms with Crippen molar-refractivity contribution in [3.63, 3.8) is 0 Å². The van der Waals surface area contributed by atoms with Crippen molar-refractivity contribution in [1.82, 2.24) is 15.3 Å². The molecule has 5 heteroatoms. The largest absolute Gasteiger partial charge is 0.350 e. The second kappa shape index (κ2) is 8.94. The molecule has 2 heterocycles. The Hall–Kier alpha value is -3.21. The molecule has 0 aliphatic carbocycles. The van der Waals surface area contributed by atoms with Crippen molar-refractivity contribution in [2.45, 2.75) is 33.0 Å². The molecular formula is C22H24N4O. The number of rotatable bonds is 7. The molecule has 0 saturated heterocycles. The molecule has 0 unspecified atom stereocenters. The molecule has 2 aromatic heterocycles. The molecule has 5 nitrogen and oxygen atoms in total. The van der Waals surface area contributed by atoms with Crippen molar-refractivity contribution in [2.75, 3.05) is 4.90 Å². The van der Waals surface area contributed by atoms with Gasteiger partial charge in [0.25, 0.3) is 5.91 Å². The number of aromatic nitrogens is 2.